The molecule has 0 unspecified atom stereocenters. The maximum absolute atomic E-state index is 12.4. The van der Waals surface area contributed by atoms with Crippen molar-refractivity contribution in [1.29, 1.82) is 0 Å². The molecular weight excluding hydrogens is 1250 g/mol. The Morgan fingerprint density at radius 3 is 0.542 bits per heavy atom. The topological polar surface area (TPSA) is 554 Å². The van der Waals surface area contributed by atoms with Crippen LogP contribution in [0.4, 0.5) is 0 Å². The number of esters is 4. The lowest BCUT2D eigenvalue weighted by atomic mass is 9.90. The third kappa shape index (κ3) is 44.6. The third-order valence-electron chi connectivity index (χ3n) is 13.1. The van der Waals surface area contributed by atoms with Gasteiger partial charge < -0.3 is 126 Å². The average Bonchev–Trinajstić information content (AvgIpc) is 1.61. The van der Waals surface area contributed by atoms with Crippen LogP contribution < -0.4 is 66.3 Å². The molecule has 12 atom stereocenters. The fourth-order valence-corrected chi connectivity index (χ4v) is 9.37. The van der Waals surface area contributed by atoms with Gasteiger partial charge in [-0.15, -0.1) is 0 Å². The minimum atomic E-state index is -0.772. The average molecular weight is 1380 g/mol. The Morgan fingerprint density at radius 1 is 0.312 bits per heavy atom. The van der Waals surface area contributed by atoms with E-state index < -0.39 is 70.4 Å². The van der Waals surface area contributed by atoms with Crippen LogP contribution in [0.3, 0.4) is 0 Å². The van der Waals surface area contributed by atoms with Crippen molar-refractivity contribution in [2.75, 3.05) is 52.9 Å². The highest BCUT2D eigenvalue weighted by molar-refractivity contribution is 5.87. The summed E-state index contributed by atoms with van der Waals surface area (Å²) in [4.78, 5) is 98.6. The number of nitrogens with one attached hydrogen (secondary N) is 4. The van der Waals surface area contributed by atoms with Gasteiger partial charge in [0.1, 0.15) is 46.6 Å². The second-order valence-corrected chi connectivity index (χ2v) is 32.7. The lowest BCUT2D eigenvalue weighted by Gasteiger charge is -2.29. The van der Waals surface area contributed by atoms with Crippen LogP contribution in [0.25, 0.3) is 22.1 Å². The SMILES string of the molecule is CC(C)(C)CC(=O)N[C@@H](C(=O)OC(C)(C)C)[C@@H]1COC[C@@H]1N.CC(C)(C)CC(=O)N[C@@H](C(=O)OC(C)(C)C)[C@H]1COC[C@H]1N.CC(C)(C)CC(=O)N[C@H](C(=O)OC(C)(C)C)[C@@H]1COC[C@@H]1N.CC(C)(C)CC(=O)N[C@H](C(=O)OC(C)(C)C)[C@H]1COC[C@H]1N.[N-]=[NH2+].[N-]=[NH2+].[N-]=[NH2+].[N-]=[NH2+]. The quantitative estimate of drug-likeness (QED) is 0.0548. The van der Waals surface area contributed by atoms with E-state index in [2.05, 4.69) is 43.4 Å². The van der Waals surface area contributed by atoms with Crippen LogP contribution >= 0.6 is 0 Å². The maximum Gasteiger partial charge on any atom is 0.329 e. The van der Waals surface area contributed by atoms with E-state index in [9.17, 15) is 38.4 Å². The van der Waals surface area contributed by atoms with Gasteiger partial charge in [0, 0.05) is 73.5 Å². The number of rotatable bonds is 16. The molecule has 4 aliphatic rings. The molecule has 0 aromatic rings. The van der Waals surface area contributed by atoms with Gasteiger partial charge in [-0.05, 0) is 105 Å². The summed E-state index contributed by atoms with van der Waals surface area (Å²) in [7, 11) is 0. The van der Waals surface area contributed by atoms with E-state index in [-0.39, 0.29) is 93.1 Å². The van der Waals surface area contributed by atoms with Crippen molar-refractivity contribution in [3.05, 3.63) is 22.1 Å². The van der Waals surface area contributed by atoms with E-state index in [1.807, 2.05) is 83.1 Å². The van der Waals surface area contributed by atoms with Crippen molar-refractivity contribution in [1.82, 2.24) is 21.3 Å². The lowest BCUT2D eigenvalue weighted by molar-refractivity contribution is -0.161. The molecule has 0 aromatic heterocycles. The molecular formula is C64H128N16O16. The number of nitrogens with two attached hydrogens (primary N) is 8. The fourth-order valence-electron chi connectivity index (χ4n) is 9.37. The second kappa shape index (κ2) is 43.3. The first-order valence-electron chi connectivity index (χ1n) is 32.0. The maximum atomic E-state index is 12.4. The van der Waals surface area contributed by atoms with Crippen molar-refractivity contribution in [3.63, 3.8) is 0 Å². The molecule has 4 aliphatic heterocycles. The van der Waals surface area contributed by atoms with E-state index in [0.717, 1.165) is 0 Å². The molecule has 20 N–H and O–H groups in total. The standard InChI is InChI=1S/4C16H30N2O4.4H2N2/c4*1-15(2,3)7-12(19)18-13(10-8-21-9-11(10)17)14(20)22-16(4,5)6;4*1-2/h4*10-11,13H,7-9,17H2,1-6H3,(H,18,19);4*1H2/t2*10-,11+,13+;2*10-,11+,13-;;;;/m1010..../s1. The van der Waals surface area contributed by atoms with Gasteiger partial charge in [0.25, 0.3) is 0 Å². The minimum absolute atomic E-state index is 0.156. The summed E-state index contributed by atoms with van der Waals surface area (Å²) >= 11 is 0. The van der Waals surface area contributed by atoms with Gasteiger partial charge in [0.05, 0.1) is 52.9 Å². The minimum Gasteiger partial charge on any atom is -0.510 e. The Hall–Kier alpha value is -6.16. The molecule has 0 aromatic carbocycles. The van der Waals surface area contributed by atoms with Crippen LogP contribution in [0, 0.1) is 45.3 Å². The highest BCUT2D eigenvalue weighted by Gasteiger charge is 2.44. The second-order valence-electron chi connectivity index (χ2n) is 32.7. The van der Waals surface area contributed by atoms with Crippen molar-refractivity contribution >= 4 is 47.5 Å². The zero-order valence-electron chi connectivity index (χ0n) is 62.4. The van der Waals surface area contributed by atoms with Gasteiger partial charge in [0.2, 0.25) is 23.6 Å². The number of hydrogen-bond donors (Lipinski definition) is 12. The van der Waals surface area contributed by atoms with Gasteiger partial charge in [0.15, 0.2) is 0 Å². The summed E-state index contributed by atoms with van der Waals surface area (Å²) in [6, 6.07) is -4.23. The molecule has 32 heteroatoms. The Kier molecular flexibility index (Phi) is 43.4. The predicted molar refractivity (Wildman–Crippen MR) is 358 cm³/mol. The van der Waals surface area contributed by atoms with Gasteiger partial charge >= 0.3 is 23.9 Å². The van der Waals surface area contributed by atoms with Crippen molar-refractivity contribution in [2.45, 2.75) is 263 Å². The van der Waals surface area contributed by atoms with Gasteiger partial charge in [-0.2, -0.15) is 0 Å². The van der Waals surface area contributed by atoms with Crippen LogP contribution in [0.5, 0.6) is 0 Å². The molecule has 4 saturated heterocycles. The molecule has 0 bridgehead atoms. The summed E-state index contributed by atoms with van der Waals surface area (Å²) in [5, 5.41) is 11.2. The highest BCUT2D eigenvalue weighted by atomic mass is 16.6. The largest absolute Gasteiger partial charge is 0.510 e. The number of hydrogen-bond acceptors (Lipinski definition) is 20. The van der Waals surface area contributed by atoms with Crippen LogP contribution in [-0.4, -0.2) is 171 Å². The summed E-state index contributed by atoms with van der Waals surface area (Å²) in [5.41, 5.74) is 60.9. The van der Waals surface area contributed by atoms with Crippen LogP contribution in [0.1, 0.15) is 192 Å². The first kappa shape index (κ1) is 96.2. The molecule has 4 fully saturated rings. The number of nitrogens with zero attached hydrogens (tertiary/aromatic N) is 4. The fraction of sp³-hybridized carbons (Fsp3) is 0.875. The molecule has 4 heterocycles. The number of amides is 4. The zero-order chi connectivity index (χ0) is 76.5. The van der Waals surface area contributed by atoms with E-state index in [4.69, 9.17) is 83.0 Å². The molecule has 4 amide bonds. The van der Waals surface area contributed by atoms with Gasteiger partial charge in [-0.25, -0.2) is 19.2 Å². The summed E-state index contributed by atoms with van der Waals surface area (Å²) in [6.45, 7) is 48.2. The van der Waals surface area contributed by atoms with Crippen molar-refractivity contribution < 1.29 is 98.4 Å². The number of carbonyl (C=O) groups excluding carboxylic acids is 8. The molecule has 0 spiro atoms. The smallest absolute Gasteiger partial charge is 0.329 e. The normalized spacial score (nSPS) is 22.1. The van der Waals surface area contributed by atoms with E-state index >= 15 is 0 Å². The monoisotopic (exact) mass is 1380 g/mol. The van der Waals surface area contributed by atoms with Crippen molar-refractivity contribution in [3.8, 4) is 0 Å². The number of ether oxygens (including phenoxy) is 8. The molecule has 0 radical (unpaired) electrons. The van der Waals surface area contributed by atoms with E-state index in [1.54, 1.807) is 83.1 Å². The van der Waals surface area contributed by atoms with Crippen LogP contribution in [0.15, 0.2) is 0 Å². The summed E-state index contributed by atoms with van der Waals surface area (Å²) < 4.78 is 43.0. The van der Waals surface area contributed by atoms with Gasteiger partial charge in [-0.1, -0.05) is 83.1 Å². The Bertz CT molecular complexity index is 2040. The van der Waals surface area contributed by atoms with Crippen molar-refractivity contribution in [2.24, 2.45) is 68.3 Å². The molecule has 0 aliphatic carbocycles. The third-order valence-corrected chi connectivity index (χ3v) is 13.1. The zero-order valence-corrected chi connectivity index (χ0v) is 62.4. The molecule has 0 saturated carbocycles. The first-order valence-corrected chi connectivity index (χ1v) is 32.0. The first-order chi connectivity index (χ1) is 43.6. The Labute approximate surface area is 571 Å². The molecule has 32 nitrogen and oxygen atoms in total. The predicted octanol–water partition coefficient (Wildman–Crippen LogP) is -0.0404. The lowest BCUT2D eigenvalue weighted by Crippen LogP contribution is -2.53. The molecule has 96 heavy (non-hydrogen) atoms. The highest BCUT2D eigenvalue weighted by Crippen LogP contribution is 2.27. The molecule has 4 rings (SSSR count). The van der Waals surface area contributed by atoms with E-state index in [1.165, 1.54) is 0 Å². The van der Waals surface area contributed by atoms with Crippen LogP contribution in [-0.2, 0) is 76.3 Å². The molecule has 560 valence electrons. The number of carbonyl (C=O) groups is 8. The summed E-state index contributed by atoms with van der Waals surface area (Å²) in [5.74, 6) is -3.60. The Morgan fingerprint density at radius 2 is 0.448 bits per heavy atom. The Balaban J connectivity index is -0.000000567. The summed E-state index contributed by atoms with van der Waals surface area (Å²) in [6.07, 6.45) is 1.31. The van der Waals surface area contributed by atoms with Gasteiger partial charge in [-0.3, -0.25) is 19.2 Å². The van der Waals surface area contributed by atoms with Crippen LogP contribution in [0.2, 0.25) is 0 Å². The van der Waals surface area contributed by atoms with E-state index in [0.29, 0.717) is 78.5 Å².